The van der Waals surface area contributed by atoms with E-state index in [4.69, 9.17) is 10.9 Å². The van der Waals surface area contributed by atoms with Crippen molar-refractivity contribution < 1.29 is 15.1 Å². The minimum absolute atomic E-state index is 0.0705. The van der Waals surface area contributed by atoms with Gasteiger partial charge in [0, 0.05) is 0 Å². The maximum absolute atomic E-state index is 12.2. The van der Waals surface area contributed by atoms with E-state index in [0.717, 1.165) is 25.7 Å². The molecule has 0 bridgehead atoms. The molecule has 6 nitrogen and oxygen atoms in total. The lowest BCUT2D eigenvalue weighted by Gasteiger charge is -2.26. The van der Waals surface area contributed by atoms with Crippen LogP contribution in [0.1, 0.15) is 46.0 Å². The summed E-state index contributed by atoms with van der Waals surface area (Å²) in [6.07, 6.45) is 4.04. The highest BCUT2D eigenvalue weighted by atomic mass is 16.4. The molecule has 3 atom stereocenters. The Bertz CT molecular complexity index is 331. The molecule has 6 heteroatoms. The van der Waals surface area contributed by atoms with Crippen molar-refractivity contribution in [2.75, 3.05) is 0 Å². The number of aliphatic hydroxyl groups excluding tert-OH is 1. The fourth-order valence-electron chi connectivity index (χ4n) is 2.57. The van der Waals surface area contributed by atoms with Crippen LogP contribution in [0.15, 0.2) is 5.16 Å². The molecule has 0 aliphatic heterocycles. The number of hydrogen-bond acceptors (Lipinski definition) is 4. The van der Waals surface area contributed by atoms with E-state index >= 15 is 0 Å². The predicted molar refractivity (Wildman–Crippen MR) is 72.8 cm³/mol. The summed E-state index contributed by atoms with van der Waals surface area (Å²) < 4.78 is 0. The molecule has 0 aromatic heterocycles. The van der Waals surface area contributed by atoms with E-state index in [-0.39, 0.29) is 23.7 Å². The van der Waals surface area contributed by atoms with Gasteiger partial charge in [-0.15, -0.1) is 0 Å². The Balaban J connectivity index is 2.70. The van der Waals surface area contributed by atoms with Crippen LogP contribution in [0, 0.1) is 11.8 Å². The number of nitrogens with zero attached hydrogens (tertiary/aromatic N) is 1. The number of nitrogens with two attached hydrogens (primary N) is 1. The third-order valence-electron chi connectivity index (χ3n) is 3.69. The summed E-state index contributed by atoms with van der Waals surface area (Å²) in [6.45, 7) is 3.68. The van der Waals surface area contributed by atoms with Gasteiger partial charge in [0.15, 0.2) is 5.84 Å². The van der Waals surface area contributed by atoms with E-state index < -0.39 is 12.0 Å². The number of carbonyl (C=O) groups is 1. The number of amides is 1. The molecule has 19 heavy (non-hydrogen) atoms. The molecule has 1 aliphatic carbocycles. The molecule has 1 fully saturated rings. The predicted octanol–water partition coefficient (Wildman–Crippen LogP) is 0.815. The van der Waals surface area contributed by atoms with Crippen molar-refractivity contribution in [3.05, 3.63) is 0 Å². The van der Waals surface area contributed by atoms with Crippen molar-refractivity contribution in [3.63, 3.8) is 0 Å². The van der Waals surface area contributed by atoms with E-state index in [0.29, 0.717) is 6.42 Å². The van der Waals surface area contributed by atoms with Crippen LogP contribution in [-0.2, 0) is 4.79 Å². The van der Waals surface area contributed by atoms with Gasteiger partial charge in [-0.3, -0.25) is 4.79 Å². The number of oxime groups is 1. The summed E-state index contributed by atoms with van der Waals surface area (Å²) in [5.74, 6) is -1.11. The van der Waals surface area contributed by atoms with Crippen LogP contribution in [0.5, 0.6) is 0 Å². The summed E-state index contributed by atoms with van der Waals surface area (Å²) in [4.78, 5) is 12.2. The highest BCUT2D eigenvalue weighted by Gasteiger charge is 2.30. The number of aliphatic hydroxyl groups is 1. The van der Waals surface area contributed by atoms with Crippen molar-refractivity contribution in [1.82, 2.24) is 5.32 Å². The smallest absolute Gasteiger partial charge is 0.231 e. The zero-order chi connectivity index (χ0) is 14.4. The Morgan fingerprint density at radius 1 is 1.32 bits per heavy atom. The van der Waals surface area contributed by atoms with Crippen LogP contribution in [0.3, 0.4) is 0 Å². The van der Waals surface area contributed by atoms with Crippen molar-refractivity contribution >= 4 is 11.7 Å². The summed E-state index contributed by atoms with van der Waals surface area (Å²) in [6, 6.07) is -0.234. The monoisotopic (exact) mass is 271 g/mol. The molecule has 0 spiro atoms. The second-order valence-electron chi connectivity index (χ2n) is 5.57. The molecule has 1 saturated carbocycles. The van der Waals surface area contributed by atoms with E-state index in [1.165, 1.54) is 0 Å². The fraction of sp³-hybridized carbons (Fsp3) is 0.846. The molecule has 1 amide bonds. The molecule has 0 saturated heterocycles. The highest BCUT2D eigenvalue weighted by Crippen LogP contribution is 2.19. The van der Waals surface area contributed by atoms with Crippen LogP contribution in [-0.4, -0.2) is 34.2 Å². The van der Waals surface area contributed by atoms with Gasteiger partial charge in [0.1, 0.15) is 5.92 Å². The van der Waals surface area contributed by atoms with Crippen LogP contribution >= 0.6 is 0 Å². The molecule has 1 aliphatic rings. The number of carbonyl (C=O) groups excluding carboxylic acids is 1. The molecule has 0 radical (unpaired) electrons. The molecule has 0 heterocycles. The normalized spacial score (nSPS) is 26.8. The Hall–Kier alpha value is -1.30. The molecule has 3 unspecified atom stereocenters. The van der Waals surface area contributed by atoms with Crippen molar-refractivity contribution in [3.8, 4) is 0 Å². The minimum atomic E-state index is -0.666. The van der Waals surface area contributed by atoms with E-state index in [2.05, 4.69) is 10.5 Å². The zero-order valence-corrected chi connectivity index (χ0v) is 11.7. The van der Waals surface area contributed by atoms with Gasteiger partial charge in [-0.1, -0.05) is 38.3 Å². The van der Waals surface area contributed by atoms with Crippen LogP contribution < -0.4 is 11.1 Å². The summed E-state index contributed by atoms with van der Waals surface area (Å²) in [5, 5.41) is 24.5. The largest absolute Gasteiger partial charge is 0.409 e. The average Bonchev–Trinajstić information content (AvgIpc) is 2.54. The van der Waals surface area contributed by atoms with Gasteiger partial charge < -0.3 is 21.4 Å². The van der Waals surface area contributed by atoms with Gasteiger partial charge in [0.2, 0.25) is 5.91 Å². The summed E-state index contributed by atoms with van der Waals surface area (Å²) >= 11 is 0. The first-order chi connectivity index (χ1) is 8.97. The van der Waals surface area contributed by atoms with E-state index in [1.807, 2.05) is 13.8 Å². The van der Waals surface area contributed by atoms with E-state index in [1.54, 1.807) is 0 Å². The Labute approximate surface area is 114 Å². The van der Waals surface area contributed by atoms with Gasteiger partial charge in [-0.05, 0) is 18.8 Å². The molecule has 0 aromatic rings. The quantitative estimate of drug-likeness (QED) is 0.199. The summed E-state index contributed by atoms with van der Waals surface area (Å²) in [7, 11) is 0. The fourth-order valence-corrected chi connectivity index (χ4v) is 2.57. The van der Waals surface area contributed by atoms with Gasteiger partial charge in [0.05, 0.1) is 12.1 Å². The number of rotatable bonds is 4. The molecule has 5 N–H and O–H groups in total. The highest BCUT2D eigenvalue weighted by molar-refractivity contribution is 6.02. The maximum Gasteiger partial charge on any atom is 0.231 e. The molecule has 1 rings (SSSR count). The Morgan fingerprint density at radius 3 is 2.53 bits per heavy atom. The minimum Gasteiger partial charge on any atom is -0.409 e. The second kappa shape index (κ2) is 7.33. The lowest BCUT2D eigenvalue weighted by atomic mass is 9.93. The maximum atomic E-state index is 12.2. The molecule has 110 valence electrons. The summed E-state index contributed by atoms with van der Waals surface area (Å²) in [5.41, 5.74) is 5.57. The number of amidine groups is 1. The third-order valence-corrected chi connectivity index (χ3v) is 3.69. The van der Waals surface area contributed by atoms with Gasteiger partial charge in [-0.25, -0.2) is 0 Å². The number of nitrogens with one attached hydrogen (secondary N) is 1. The molecular formula is C13H25N3O3. The topological polar surface area (TPSA) is 108 Å². The molecule has 0 aromatic carbocycles. The van der Waals surface area contributed by atoms with Crippen molar-refractivity contribution in [2.24, 2.45) is 22.7 Å². The van der Waals surface area contributed by atoms with Crippen molar-refractivity contribution in [1.29, 1.82) is 0 Å². The van der Waals surface area contributed by atoms with Gasteiger partial charge in [-0.2, -0.15) is 0 Å². The standard InChI is InChI=1S/C13H25N3O3/c1-8(2)11(12(14)16-19)13(18)15-9-6-4-3-5-7-10(9)17/h8-11,17,19H,3-7H2,1-2H3,(H2,14,16)(H,15,18). The first-order valence-electron chi connectivity index (χ1n) is 6.93. The molecular weight excluding hydrogens is 246 g/mol. The van der Waals surface area contributed by atoms with Gasteiger partial charge >= 0.3 is 0 Å². The van der Waals surface area contributed by atoms with Crippen LogP contribution in [0.2, 0.25) is 0 Å². The van der Waals surface area contributed by atoms with Crippen LogP contribution in [0.25, 0.3) is 0 Å². The number of hydrogen-bond donors (Lipinski definition) is 4. The van der Waals surface area contributed by atoms with E-state index in [9.17, 15) is 9.90 Å². The zero-order valence-electron chi connectivity index (χ0n) is 11.7. The Kier molecular flexibility index (Phi) is 6.08. The van der Waals surface area contributed by atoms with Gasteiger partial charge in [0.25, 0.3) is 0 Å². The second-order valence-corrected chi connectivity index (χ2v) is 5.57. The lowest BCUT2D eigenvalue weighted by molar-refractivity contribution is -0.125. The Morgan fingerprint density at radius 2 is 1.95 bits per heavy atom. The van der Waals surface area contributed by atoms with Crippen LogP contribution in [0.4, 0.5) is 0 Å². The first kappa shape index (κ1) is 15.8. The lowest BCUT2D eigenvalue weighted by Crippen LogP contribution is -2.49. The average molecular weight is 271 g/mol. The van der Waals surface area contributed by atoms with Crippen molar-refractivity contribution in [2.45, 2.75) is 58.1 Å². The first-order valence-corrected chi connectivity index (χ1v) is 6.93. The third kappa shape index (κ3) is 4.38. The SMILES string of the molecule is CC(C)C(C(=O)NC1CCCCCC1O)C(N)=NO.